The van der Waals surface area contributed by atoms with Crippen LogP contribution in [0.25, 0.3) is 5.69 Å². The summed E-state index contributed by atoms with van der Waals surface area (Å²) in [4.78, 5) is 12.5. The van der Waals surface area contributed by atoms with Gasteiger partial charge in [-0.2, -0.15) is 0 Å². The average molecular weight is 439 g/mol. The lowest BCUT2D eigenvalue weighted by molar-refractivity contribution is 0.0949. The third-order valence-corrected chi connectivity index (χ3v) is 5.18. The molecule has 31 heavy (non-hydrogen) atoms. The van der Waals surface area contributed by atoms with Crippen molar-refractivity contribution in [1.29, 1.82) is 0 Å². The topological polar surface area (TPSA) is 95.1 Å². The number of benzene rings is 2. The van der Waals surface area contributed by atoms with Crippen LogP contribution in [0, 0.1) is 12.7 Å². The molecular weight excluding hydrogens is 421 g/mol. The maximum atomic E-state index is 13.9. The minimum atomic E-state index is -0.396. The Morgan fingerprint density at radius 1 is 1.19 bits per heavy atom. The zero-order valence-corrected chi connectivity index (χ0v) is 17.5. The highest BCUT2D eigenvalue weighted by molar-refractivity contribution is 7.99. The molecule has 0 aliphatic heterocycles. The van der Waals surface area contributed by atoms with Gasteiger partial charge in [0.15, 0.2) is 5.82 Å². The van der Waals surface area contributed by atoms with E-state index in [1.807, 2.05) is 0 Å². The number of rotatable bonds is 7. The molecule has 2 aromatic heterocycles. The Balaban J connectivity index is 1.59. The molecule has 10 heteroatoms. The van der Waals surface area contributed by atoms with Crippen LogP contribution in [0.4, 0.5) is 4.39 Å². The molecule has 0 unspecified atom stereocenters. The number of nitrogens with zero attached hydrogens (tertiary/aromatic N) is 4. The van der Waals surface area contributed by atoms with Crippen molar-refractivity contribution in [2.24, 2.45) is 0 Å². The maximum Gasteiger partial charge on any atom is 0.251 e. The number of methoxy groups -OCH3 is 1. The van der Waals surface area contributed by atoms with Crippen molar-refractivity contribution >= 4 is 17.7 Å². The van der Waals surface area contributed by atoms with E-state index in [1.165, 1.54) is 23.9 Å². The quantitative estimate of drug-likeness (QED) is 0.468. The molecule has 0 radical (unpaired) electrons. The molecule has 1 N–H and O–H groups in total. The van der Waals surface area contributed by atoms with Gasteiger partial charge in [0, 0.05) is 11.6 Å². The summed E-state index contributed by atoms with van der Waals surface area (Å²) in [6.07, 6.45) is 0. The molecule has 2 aromatic carbocycles. The minimum Gasteiger partial charge on any atom is -0.497 e. The molecule has 0 saturated carbocycles. The summed E-state index contributed by atoms with van der Waals surface area (Å²) in [5, 5.41) is 16.2. The fourth-order valence-electron chi connectivity index (χ4n) is 2.84. The lowest BCUT2D eigenvalue weighted by atomic mass is 10.2. The van der Waals surface area contributed by atoms with Gasteiger partial charge in [-0.05, 0) is 61.2 Å². The van der Waals surface area contributed by atoms with Crippen LogP contribution in [-0.4, -0.2) is 32.9 Å². The summed E-state index contributed by atoms with van der Waals surface area (Å²) >= 11 is 1.23. The van der Waals surface area contributed by atoms with E-state index in [-0.39, 0.29) is 12.5 Å². The van der Waals surface area contributed by atoms with Crippen LogP contribution in [0.15, 0.2) is 69.3 Å². The van der Waals surface area contributed by atoms with Crippen LogP contribution in [-0.2, 0) is 6.54 Å². The summed E-state index contributed by atoms with van der Waals surface area (Å²) in [7, 11) is 1.56. The van der Waals surface area contributed by atoms with E-state index in [9.17, 15) is 9.18 Å². The third kappa shape index (κ3) is 4.75. The maximum absolute atomic E-state index is 13.9. The first-order chi connectivity index (χ1) is 15.0. The van der Waals surface area contributed by atoms with Crippen LogP contribution in [0.5, 0.6) is 5.75 Å². The normalized spacial score (nSPS) is 10.8. The molecule has 0 atom stereocenters. The molecule has 158 valence electrons. The van der Waals surface area contributed by atoms with Crippen molar-refractivity contribution in [1.82, 2.24) is 25.2 Å². The van der Waals surface area contributed by atoms with E-state index in [0.29, 0.717) is 38.8 Å². The molecule has 2 heterocycles. The summed E-state index contributed by atoms with van der Waals surface area (Å²) in [5.74, 6) is 1.08. The van der Waals surface area contributed by atoms with Crippen molar-refractivity contribution in [3.63, 3.8) is 0 Å². The van der Waals surface area contributed by atoms with E-state index >= 15 is 0 Å². The number of halogens is 1. The zero-order chi connectivity index (χ0) is 21.8. The Bertz CT molecular complexity index is 1210. The first-order valence-electron chi connectivity index (χ1n) is 9.27. The van der Waals surface area contributed by atoms with Crippen molar-refractivity contribution in [2.45, 2.75) is 23.7 Å². The minimum absolute atomic E-state index is 0.0901. The van der Waals surface area contributed by atoms with Gasteiger partial charge in [-0.25, -0.2) is 4.39 Å². The lowest BCUT2D eigenvalue weighted by Crippen LogP contribution is -2.24. The molecule has 0 saturated heterocycles. The second-order valence-electron chi connectivity index (χ2n) is 6.50. The Morgan fingerprint density at radius 2 is 2.00 bits per heavy atom. The van der Waals surface area contributed by atoms with Crippen molar-refractivity contribution in [3.8, 4) is 11.4 Å². The smallest absolute Gasteiger partial charge is 0.251 e. The molecule has 4 rings (SSSR count). The van der Waals surface area contributed by atoms with E-state index in [4.69, 9.17) is 9.26 Å². The van der Waals surface area contributed by atoms with Gasteiger partial charge in [-0.3, -0.25) is 9.36 Å². The van der Waals surface area contributed by atoms with Gasteiger partial charge in [-0.15, -0.1) is 10.2 Å². The highest BCUT2D eigenvalue weighted by Gasteiger charge is 2.18. The molecule has 0 aliphatic carbocycles. The monoisotopic (exact) mass is 439 g/mol. The summed E-state index contributed by atoms with van der Waals surface area (Å²) in [6, 6.07) is 14.6. The Labute approximate surface area is 181 Å². The van der Waals surface area contributed by atoms with Crippen LogP contribution >= 0.6 is 11.8 Å². The first-order valence-corrected chi connectivity index (χ1v) is 10.1. The number of hydrogen-bond acceptors (Lipinski definition) is 7. The van der Waals surface area contributed by atoms with Crippen LogP contribution in [0.3, 0.4) is 0 Å². The van der Waals surface area contributed by atoms with Gasteiger partial charge in [0.1, 0.15) is 22.4 Å². The molecule has 0 spiro atoms. The SMILES string of the molecule is COc1ccc(C(=O)NCc2nnc(Sc3cc(C)on3)n2-c2cccc(F)c2)cc1. The predicted octanol–water partition coefficient (Wildman–Crippen LogP) is 3.79. The lowest BCUT2D eigenvalue weighted by Gasteiger charge is -2.11. The Kier molecular flexibility index (Phi) is 5.99. The van der Waals surface area contributed by atoms with Crippen LogP contribution in [0.2, 0.25) is 0 Å². The highest BCUT2D eigenvalue weighted by atomic mass is 32.2. The average Bonchev–Trinajstić information content (AvgIpc) is 3.38. The summed E-state index contributed by atoms with van der Waals surface area (Å²) in [6.45, 7) is 1.88. The fraction of sp³-hybridized carbons (Fsp3) is 0.143. The summed E-state index contributed by atoms with van der Waals surface area (Å²) < 4.78 is 25.8. The second-order valence-corrected chi connectivity index (χ2v) is 7.49. The van der Waals surface area contributed by atoms with Crippen molar-refractivity contribution < 1.29 is 18.4 Å². The highest BCUT2D eigenvalue weighted by Crippen LogP contribution is 2.29. The number of nitrogens with one attached hydrogen (secondary N) is 1. The third-order valence-electron chi connectivity index (χ3n) is 4.33. The largest absolute Gasteiger partial charge is 0.497 e. The fourth-order valence-corrected chi connectivity index (χ4v) is 3.71. The zero-order valence-electron chi connectivity index (χ0n) is 16.7. The number of carbonyl (C=O) groups excluding carboxylic acids is 1. The van der Waals surface area contributed by atoms with Gasteiger partial charge < -0.3 is 14.6 Å². The summed E-state index contributed by atoms with van der Waals surface area (Å²) in [5.41, 5.74) is 1.01. The Hall–Kier alpha value is -3.66. The number of carbonyl (C=O) groups is 1. The van der Waals surface area contributed by atoms with Crippen LogP contribution < -0.4 is 10.1 Å². The molecular formula is C21H18FN5O3S. The van der Waals surface area contributed by atoms with Gasteiger partial charge in [0.05, 0.1) is 19.3 Å². The standard InChI is InChI=1S/C21H18FN5O3S/c1-13-10-19(26-30-13)31-21-25-24-18(27(21)16-5-3-4-15(22)11-16)12-23-20(28)14-6-8-17(29-2)9-7-14/h3-11H,12H2,1-2H3,(H,23,28). The molecule has 4 aromatic rings. The second kappa shape index (κ2) is 9.00. The van der Waals surface area contributed by atoms with Gasteiger partial charge in [0.25, 0.3) is 5.91 Å². The first kappa shape index (κ1) is 20.6. The number of aryl methyl sites for hydroxylation is 1. The van der Waals surface area contributed by atoms with Gasteiger partial charge >= 0.3 is 0 Å². The number of hydrogen-bond donors (Lipinski definition) is 1. The van der Waals surface area contributed by atoms with E-state index in [0.717, 1.165) is 0 Å². The molecule has 0 bridgehead atoms. The molecule has 1 amide bonds. The van der Waals surface area contributed by atoms with Crippen molar-refractivity contribution in [2.75, 3.05) is 7.11 Å². The van der Waals surface area contributed by atoms with E-state index in [1.54, 1.807) is 61.1 Å². The number of aromatic nitrogens is 4. The predicted molar refractivity (Wildman–Crippen MR) is 111 cm³/mol. The van der Waals surface area contributed by atoms with Crippen molar-refractivity contribution in [3.05, 3.63) is 77.6 Å². The van der Waals surface area contributed by atoms with Crippen LogP contribution in [0.1, 0.15) is 21.9 Å². The number of ether oxygens (including phenoxy) is 1. The molecule has 8 nitrogen and oxygen atoms in total. The number of amides is 1. The van der Waals surface area contributed by atoms with E-state index < -0.39 is 5.82 Å². The Morgan fingerprint density at radius 3 is 2.68 bits per heavy atom. The molecule has 0 fully saturated rings. The molecule has 0 aliphatic rings. The van der Waals surface area contributed by atoms with Gasteiger partial charge in [0.2, 0.25) is 5.16 Å². The van der Waals surface area contributed by atoms with E-state index in [2.05, 4.69) is 20.7 Å². The van der Waals surface area contributed by atoms with Gasteiger partial charge in [-0.1, -0.05) is 11.2 Å².